The SMILES string of the molecule is CC(C)(C)OC[C@H](N)/C=C1\CCC[C@@H]1C(=O)O. The van der Waals surface area contributed by atoms with Crippen molar-refractivity contribution in [2.24, 2.45) is 11.7 Å². The van der Waals surface area contributed by atoms with Gasteiger partial charge >= 0.3 is 5.97 Å². The van der Waals surface area contributed by atoms with Gasteiger partial charge < -0.3 is 15.6 Å². The molecule has 4 nitrogen and oxygen atoms in total. The van der Waals surface area contributed by atoms with Crippen LogP contribution in [-0.2, 0) is 9.53 Å². The van der Waals surface area contributed by atoms with Gasteiger partial charge in [-0.3, -0.25) is 4.79 Å². The van der Waals surface area contributed by atoms with Crippen LogP contribution in [0, 0.1) is 5.92 Å². The van der Waals surface area contributed by atoms with Crippen molar-refractivity contribution >= 4 is 5.97 Å². The molecule has 0 spiro atoms. The average molecular weight is 241 g/mol. The van der Waals surface area contributed by atoms with Crippen molar-refractivity contribution in [3.05, 3.63) is 11.6 Å². The van der Waals surface area contributed by atoms with E-state index in [1.54, 1.807) is 0 Å². The summed E-state index contributed by atoms with van der Waals surface area (Å²) < 4.78 is 5.58. The Labute approximate surface area is 103 Å². The second-order valence-corrected chi connectivity index (χ2v) is 5.61. The lowest BCUT2D eigenvalue weighted by Crippen LogP contribution is -2.31. The van der Waals surface area contributed by atoms with Gasteiger partial charge in [-0.1, -0.05) is 11.6 Å². The number of carboxylic acid groups (broad SMARTS) is 1. The van der Waals surface area contributed by atoms with E-state index in [1.165, 1.54) is 0 Å². The molecule has 0 heterocycles. The van der Waals surface area contributed by atoms with E-state index in [1.807, 2.05) is 26.8 Å². The van der Waals surface area contributed by atoms with E-state index < -0.39 is 5.97 Å². The fourth-order valence-electron chi connectivity index (χ4n) is 2.02. The van der Waals surface area contributed by atoms with Gasteiger partial charge in [0, 0.05) is 6.04 Å². The van der Waals surface area contributed by atoms with Crippen LogP contribution in [0.1, 0.15) is 40.0 Å². The number of hydrogen-bond donors (Lipinski definition) is 2. The van der Waals surface area contributed by atoms with E-state index in [9.17, 15) is 4.79 Å². The lowest BCUT2D eigenvalue weighted by Gasteiger charge is -2.21. The zero-order valence-corrected chi connectivity index (χ0v) is 10.9. The van der Waals surface area contributed by atoms with Gasteiger partial charge in [-0.25, -0.2) is 0 Å². The van der Waals surface area contributed by atoms with Crippen molar-refractivity contribution in [2.75, 3.05) is 6.61 Å². The van der Waals surface area contributed by atoms with E-state index >= 15 is 0 Å². The van der Waals surface area contributed by atoms with Crippen molar-refractivity contribution in [2.45, 2.75) is 51.7 Å². The fourth-order valence-corrected chi connectivity index (χ4v) is 2.02. The van der Waals surface area contributed by atoms with Crippen LogP contribution < -0.4 is 5.73 Å². The topological polar surface area (TPSA) is 72.5 Å². The van der Waals surface area contributed by atoms with E-state index in [2.05, 4.69) is 0 Å². The van der Waals surface area contributed by atoms with E-state index in [0.717, 1.165) is 24.8 Å². The van der Waals surface area contributed by atoms with E-state index in [-0.39, 0.29) is 17.6 Å². The molecule has 0 aliphatic heterocycles. The minimum atomic E-state index is -0.738. The lowest BCUT2D eigenvalue weighted by atomic mass is 10.0. The molecule has 1 rings (SSSR count). The van der Waals surface area contributed by atoms with Crippen molar-refractivity contribution in [1.29, 1.82) is 0 Å². The Hall–Kier alpha value is -0.870. The van der Waals surface area contributed by atoms with Crippen LogP contribution in [0.2, 0.25) is 0 Å². The van der Waals surface area contributed by atoms with Crippen LogP contribution in [-0.4, -0.2) is 29.3 Å². The molecule has 1 saturated carbocycles. The molecule has 0 radical (unpaired) electrons. The van der Waals surface area contributed by atoms with Crippen LogP contribution in [0.3, 0.4) is 0 Å². The summed E-state index contributed by atoms with van der Waals surface area (Å²) in [6, 6.07) is -0.218. The maximum Gasteiger partial charge on any atom is 0.310 e. The molecule has 0 unspecified atom stereocenters. The summed E-state index contributed by atoms with van der Waals surface area (Å²) in [6.45, 7) is 6.35. The zero-order valence-electron chi connectivity index (χ0n) is 10.9. The Kier molecular flexibility index (Phi) is 4.71. The molecule has 4 heteroatoms. The third kappa shape index (κ3) is 4.88. The standard InChI is InChI=1S/C13H23NO3/c1-13(2,3)17-8-10(14)7-9-5-4-6-11(9)12(15)16/h7,10-11H,4-6,8,14H2,1-3H3,(H,15,16)/b9-7+/t10-,11+/m1/s1. The molecule has 3 N–H and O–H groups in total. The summed E-state index contributed by atoms with van der Waals surface area (Å²) in [5, 5.41) is 9.04. The largest absolute Gasteiger partial charge is 0.481 e. The molecule has 98 valence electrons. The predicted molar refractivity (Wildman–Crippen MR) is 66.7 cm³/mol. The summed E-state index contributed by atoms with van der Waals surface area (Å²) in [6.07, 6.45) is 4.39. The molecular formula is C13H23NO3. The van der Waals surface area contributed by atoms with Crippen molar-refractivity contribution < 1.29 is 14.6 Å². The summed E-state index contributed by atoms with van der Waals surface area (Å²) in [4.78, 5) is 11.0. The number of nitrogens with two attached hydrogens (primary N) is 1. The third-order valence-electron chi connectivity index (χ3n) is 2.84. The Bertz CT molecular complexity index is 304. The fraction of sp³-hybridized carbons (Fsp3) is 0.769. The second kappa shape index (κ2) is 5.65. The third-order valence-corrected chi connectivity index (χ3v) is 2.84. The van der Waals surface area contributed by atoms with Crippen LogP contribution in [0.4, 0.5) is 0 Å². The highest BCUT2D eigenvalue weighted by Crippen LogP contribution is 2.31. The highest BCUT2D eigenvalue weighted by atomic mass is 16.5. The normalized spacial score (nSPS) is 25.2. The van der Waals surface area contributed by atoms with Crippen LogP contribution in [0.5, 0.6) is 0 Å². The summed E-state index contributed by atoms with van der Waals surface area (Å²) >= 11 is 0. The van der Waals surface area contributed by atoms with E-state index in [4.69, 9.17) is 15.6 Å². The number of ether oxygens (including phenoxy) is 1. The van der Waals surface area contributed by atoms with Crippen LogP contribution in [0.25, 0.3) is 0 Å². The maximum atomic E-state index is 11.0. The molecule has 17 heavy (non-hydrogen) atoms. The Morgan fingerprint density at radius 2 is 2.29 bits per heavy atom. The minimum Gasteiger partial charge on any atom is -0.481 e. The first-order valence-corrected chi connectivity index (χ1v) is 6.12. The molecule has 0 amide bonds. The average Bonchev–Trinajstić information content (AvgIpc) is 2.62. The van der Waals surface area contributed by atoms with Gasteiger partial charge in [0.05, 0.1) is 18.1 Å². The molecule has 1 aliphatic rings. The first kappa shape index (κ1) is 14.2. The van der Waals surface area contributed by atoms with Gasteiger partial charge in [0.2, 0.25) is 0 Å². The van der Waals surface area contributed by atoms with Crippen LogP contribution >= 0.6 is 0 Å². The van der Waals surface area contributed by atoms with Gasteiger partial charge in [-0.05, 0) is 40.0 Å². The highest BCUT2D eigenvalue weighted by Gasteiger charge is 2.27. The highest BCUT2D eigenvalue weighted by molar-refractivity contribution is 5.74. The minimum absolute atomic E-state index is 0.210. The zero-order chi connectivity index (χ0) is 13.1. The number of carbonyl (C=O) groups is 1. The van der Waals surface area contributed by atoms with Gasteiger partial charge in [-0.15, -0.1) is 0 Å². The number of hydrogen-bond acceptors (Lipinski definition) is 3. The van der Waals surface area contributed by atoms with Gasteiger partial charge in [-0.2, -0.15) is 0 Å². The van der Waals surface area contributed by atoms with Gasteiger partial charge in [0.1, 0.15) is 0 Å². The predicted octanol–water partition coefficient (Wildman–Crippen LogP) is 1.94. The van der Waals surface area contributed by atoms with Crippen molar-refractivity contribution in [1.82, 2.24) is 0 Å². The molecular weight excluding hydrogens is 218 g/mol. The monoisotopic (exact) mass is 241 g/mol. The Morgan fingerprint density at radius 1 is 1.65 bits per heavy atom. The van der Waals surface area contributed by atoms with Gasteiger partial charge in [0.15, 0.2) is 0 Å². The molecule has 0 bridgehead atoms. The number of carboxylic acids is 1. The van der Waals surface area contributed by atoms with Crippen molar-refractivity contribution in [3.63, 3.8) is 0 Å². The summed E-state index contributed by atoms with van der Waals surface area (Å²) in [5.74, 6) is -1.08. The molecule has 2 atom stereocenters. The number of rotatable bonds is 4. The van der Waals surface area contributed by atoms with Gasteiger partial charge in [0.25, 0.3) is 0 Å². The second-order valence-electron chi connectivity index (χ2n) is 5.61. The quantitative estimate of drug-likeness (QED) is 0.738. The first-order valence-electron chi connectivity index (χ1n) is 6.12. The Balaban J connectivity index is 2.53. The lowest BCUT2D eigenvalue weighted by molar-refractivity contribution is -0.140. The molecule has 1 aliphatic carbocycles. The molecule has 1 fully saturated rings. The number of aliphatic carboxylic acids is 1. The summed E-state index contributed by atoms with van der Waals surface area (Å²) in [5.41, 5.74) is 6.68. The van der Waals surface area contributed by atoms with Crippen molar-refractivity contribution in [3.8, 4) is 0 Å². The molecule has 0 aromatic heterocycles. The molecule has 0 saturated heterocycles. The molecule has 0 aromatic carbocycles. The Morgan fingerprint density at radius 3 is 2.82 bits per heavy atom. The molecule has 0 aromatic rings. The maximum absolute atomic E-state index is 11.0. The van der Waals surface area contributed by atoms with Crippen LogP contribution in [0.15, 0.2) is 11.6 Å². The first-order chi connectivity index (χ1) is 7.79. The summed E-state index contributed by atoms with van der Waals surface area (Å²) in [7, 11) is 0. The van der Waals surface area contributed by atoms with E-state index in [0.29, 0.717) is 6.61 Å². The smallest absolute Gasteiger partial charge is 0.310 e.